The lowest BCUT2D eigenvalue weighted by Crippen LogP contribution is -2.40. The molecule has 1 saturated heterocycles. The second kappa shape index (κ2) is 4.36. The molecule has 0 radical (unpaired) electrons. The number of carbonyl (C=O) groups excluding carboxylic acids is 1. The lowest BCUT2D eigenvalue weighted by atomic mass is 9.87. The molecule has 16 heavy (non-hydrogen) atoms. The maximum absolute atomic E-state index is 12.4. The summed E-state index contributed by atoms with van der Waals surface area (Å²) in [5, 5.41) is 0. The Bertz CT molecular complexity index is 269. The van der Waals surface area contributed by atoms with Crippen molar-refractivity contribution in [1.29, 1.82) is 0 Å². The van der Waals surface area contributed by atoms with E-state index in [1.807, 2.05) is 0 Å². The average molecular weight is 224 g/mol. The Labute approximate surface area is 98.4 Å². The van der Waals surface area contributed by atoms with Gasteiger partial charge in [0.1, 0.15) is 0 Å². The molecule has 0 aromatic rings. The molecule has 2 rings (SSSR count). The normalized spacial score (nSPS) is 30.7. The summed E-state index contributed by atoms with van der Waals surface area (Å²) < 4.78 is 0. The van der Waals surface area contributed by atoms with Gasteiger partial charge in [-0.15, -0.1) is 0 Å². The summed E-state index contributed by atoms with van der Waals surface area (Å²) in [6, 6.07) is 0.217. The molecule has 1 aliphatic carbocycles. The molecule has 2 fully saturated rings. The summed E-state index contributed by atoms with van der Waals surface area (Å²) in [6.07, 6.45) is 5.66. The molecular weight excluding hydrogens is 200 g/mol. The van der Waals surface area contributed by atoms with Crippen LogP contribution in [0.5, 0.6) is 0 Å². The molecular formula is C13H24N2O. The van der Waals surface area contributed by atoms with Gasteiger partial charge in [-0.2, -0.15) is 0 Å². The van der Waals surface area contributed by atoms with E-state index in [9.17, 15) is 4.79 Å². The van der Waals surface area contributed by atoms with Crippen LogP contribution in [0.4, 0.5) is 0 Å². The Morgan fingerprint density at radius 1 is 1.44 bits per heavy atom. The average Bonchev–Trinajstić information content (AvgIpc) is 2.85. The van der Waals surface area contributed by atoms with E-state index in [0.29, 0.717) is 11.8 Å². The number of hydrogen-bond acceptors (Lipinski definition) is 2. The number of nitrogens with two attached hydrogens (primary N) is 1. The number of hydrogen-bond donors (Lipinski definition) is 1. The molecule has 0 aromatic heterocycles. The van der Waals surface area contributed by atoms with Gasteiger partial charge in [0.05, 0.1) is 0 Å². The highest BCUT2D eigenvalue weighted by molar-refractivity contribution is 5.82. The molecule has 0 spiro atoms. The fourth-order valence-electron chi connectivity index (χ4n) is 3.15. The van der Waals surface area contributed by atoms with E-state index in [4.69, 9.17) is 5.73 Å². The maximum atomic E-state index is 12.4. The van der Waals surface area contributed by atoms with E-state index >= 15 is 0 Å². The van der Waals surface area contributed by atoms with Crippen molar-refractivity contribution in [3.63, 3.8) is 0 Å². The minimum Gasteiger partial charge on any atom is -0.342 e. The van der Waals surface area contributed by atoms with E-state index in [1.165, 1.54) is 12.8 Å². The van der Waals surface area contributed by atoms with Crippen LogP contribution in [0, 0.1) is 11.3 Å². The number of amides is 1. The standard InChI is InChI=1S/C13H24N2O/c1-10(14)11-5-8-15(9-11)12(16)13(2)6-3-4-7-13/h10-11H,3-9,14H2,1-2H3. The van der Waals surface area contributed by atoms with Crippen molar-refractivity contribution in [2.45, 2.75) is 52.0 Å². The smallest absolute Gasteiger partial charge is 0.228 e. The summed E-state index contributed by atoms with van der Waals surface area (Å²) >= 11 is 0. The maximum Gasteiger partial charge on any atom is 0.228 e. The number of likely N-dealkylation sites (tertiary alicyclic amines) is 1. The molecule has 2 atom stereocenters. The number of carbonyl (C=O) groups is 1. The van der Waals surface area contributed by atoms with Gasteiger partial charge in [-0.05, 0) is 32.1 Å². The molecule has 2 unspecified atom stereocenters. The van der Waals surface area contributed by atoms with Crippen molar-refractivity contribution >= 4 is 5.91 Å². The van der Waals surface area contributed by atoms with Gasteiger partial charge in [0.25, 0.3) is 0 Å². The minimum absolute atomic E-state index is 0.0628. The second-order valence-electron chi connectivity index (χ2n) is 5.93. The first-order valence-electron chi connectivity index (χ1n) is 6.58. The van der Waals surface area contributed by atoms with Crippen molar-refractivity contribution in [2.75, 3.05) is 13.1 Å². The number of nitrogens with zero attached hydrogens (tertiary/aromatic N) is 1. The van der Waals surface area contributed by atoms with Crippen LogP contribution in [0.1, 0.15) is 46.0 Å². The Hall–Kier alpha value is -0.570. The quantitative estimate of drug-likeness (QED) is 0.777. The summed E-state index contributed by atoms with van der Waals surface area (Å²) in [6.45, 7) is 5.99. The third kappa shape index (κ3) is 2.10. The fourth-order valence-corrected chi connectivity index (χ4v) is 3.15. The Morgan fingerprint density at radius 3 is 2.56 bits per heavy atom. The molecule has 92 valence electrons. The SMILES string of the molecule is CC(N)C1CCN(C(=O)C2(C)CCCC2)C1. The predicted molar refractivity (Wildman–Crippen MR) is 64.9 cm³/mol. The second-order valence-corrected chi connectivity index (χ2v) is 5.93. The van der Waals surface area contributed by atoms with Gasteiger partial charge < -0.3 is 10.6 Å². The molecule has 1 heterocycles. The molecule has 3 nitrogen and oxygen atoms in total. The third-order valence-electron chi connectivity index (χ3n) is 4.48. The third-order valence-corrected chi connectivity index (χ3v) is 4.48. The van der Waals surface area contributed by atoms with Gasteiger partial charge in [0.2, 0.25) is 5.91 Å². The molecule has 1 amide bonds. The molecule has 2 aliphatic rings. The van der Waals surface area contributed by atoms with Gasteiger partial charge in [-0.1, -0.05) is 19.8 Å². The van der Waals surface area contributed by atoms with Crippen molar-refractivity contribution in [3.05, 3.63) is 0 Å². The minimum atomic E-state index is -0.0628. The lowest BCUT2D eigenvalue weighted by molar-refractivity contribution is -0.140. The molecule has 2 N–H and O–H groups in total. The first-order valence-corrected chi connectivity index (χ1v) is 6.58. The van der Waals surface area contributed by atoms with Gasteiger partial charge in [-0.3, -0.25) is 4.79 Å². The Morgan fingerprint density at radius 2 is 2.06 bits per heavy atom. The van der Waals surface area contributed by atoms with Crippen LogP contribution in [-0.4, -0.2) is 29.9 Å². The highest BCUT2D eigenvalue weighted by Gasteiger charge is 2.41. The zero-order valence-corrected chi connectivity index (χ0v) is 10.5. The van der Waals surface area contributed by atoms with E-state index in [2.05, 4.69) is 18.7 Å². The van der Waals surface area contributed by atoms with Crippen LogP contribution in [0.2, 0.25) is 0 Å². The van der Waals surface area contributed by atoms with E-state index in [-0.39, 0.29) is 11.5 Å². The largest absolute Gasteiger partial charge is 0.342 e. The van der Waals surface area contributed by atoms with Crippen molar-refractivity contribution in [2.24, 2.45) is 17.1 Å². The summed E-state index contributed by atoms with van der Waals surface area (Å²) in [4.78, 5) is 14.5. The Kier molecular flexibility index (Phi) is 3.24. The topological polar surface area (TPSA) is 46.3 Å². The molecule has 1 saturated carbocycles. The summed E-state index contributed by atoms with van der Waals surface area (Å²) in [7, 11) is 0. The summed E-state index contributed by atoms with van der Waals surface area (Å²) in [5.41, 5.74) is 5.85. The van der Waals surface area contributed by atoms with E-state index < -0.39 is 0 Å². The van der Waals surface area contributed by atoms with Crippen LogP contribution < -0.4 is 5.73 Å². The van der Waals surface area contributed by atoms with Gasteiger partial charge in [0.15, 0.2) is 0 Å². The van der Waals surface area contributed by atoms with Gasteiger partial charge >= 0.3 is 0 Å². The van der Waals surface area contributed by atoms with Crippen molar-refractivity contribution in [1.82, 2.24) is 4.90 Å². The monoisotopic (exact) mass is 224 g/mol. The fraction of sp³-hybridized carbons (Fsp3) is 0.923. The zero-order valence-electron chi connectivity index (χ0n) is 10.5. The highest BCUT2D eigenvalue weighted by Crippen LogP contribution is 2.40. The van der Waals surface area contributed by atoms with Crippen LogP contribution in [0.25, 0.3) is 0 Å². The van der Waals surface area contributed by atoms with Crippen molar-refractivity contribution in [3.8, 4) is 0 Å². The predicted octanol–water partition coefficient (Wildman–Crippen LogP) is 1.76. The molecule has 1 aliphatic heterocycles. The van der Waals surface area contributed by atoms with Gasteiger partial charge in [0, 0.05) is 24.5 Å². The van der Waals surface area contributed by atoms with E-state index in [0.717, 1.165) is 32.4 Å². The van der Waals surface area contributed by atoms with Crippen LogP contribution in [-0.2, 0) is 4.79 Å². The van der Waals surface area contributed by atoms with Crippen molar-refractivity contribution < 1.29 is 4.79 Å². The van der Waals surface area contributed by atoms with Crippen LogP contribution >= 0.6 is 0 Å². The van der Waals surface area contributed by atoms with Crippen LogP contribution in [0.15, 0.2) is 0 Å². The number of rotatable bonds is 2. The first kappa shape index (κ1) is 11.9. The van der Waals surface area contributed by atoms with Crippen LogP contribution in [0.3, 0.4) is 0 Å². The molecule has 0 aromatic carbocycles. The first-order chi connectivity index (χ1) is 7.53. The Balaban J connectivity index is 1.96. The molecule has 0 bridgehead atoms. The van der Waals surface area contributed by atoms with Gasteiger partial charge in [-0.25, -0.2) is 0 Å². The molecule has 3 heteroatoms. The lowest BCUT2D eigenvalue weighted by Gasteiger charge is -2.29. The highest BCUT2D eigenvalue weighted by atomic mass is 16.2. The zero-order chi connectivity index (χ0) is 11.8. The summed E-state index contributed by atoms with van der Waals surface area (Å²) in [5.74, 6) is 0.891. The van der Waals surface area contributed by atoms with E-state index in [1.54, 1.807) is 0 Å².